The second-order valence-electron chi connectivity index (χ2n) is 6.16. The first-order valence-corrected chi connectivity index (χ1v) is 8.64. The normalized spacial score (nSPS) is 11.6. The van der Waals surface area contributed by atoms with E-state index in [0.717, 1.165) is 23.8 Å². The number of hydrogen-bond donors (Lipinski definition) is 2. The predicted molar refractivity (Wildman–Crippen MR) is 104 cm³/mol. The van der Waals surface area contributed by atoms with Crippen molar-refractivity contribution in [2.45, 2.75) is 12.7 Å². The molecule has 2 N–H and O–H groups in total. The minimum Gasteiger partial charge on any atom is -0.362 e. The Balaban J connectivity index is 1.66. The number of benzene rings is 2. The fourth-order valence-corrected chi connectivity index (χ4v) is 2.64. The minimum absolute atomic E-state index is 0.185. The smallest absolute Gasteiger partial charge is 0.362 e. The summed E-state index contributed by atoms with van der Waals surface area (Å²) in [4.78, 5) is 12.3. The van der Waals surface area contributed by atoms with E-state index in [1.807, 2.05) is 30.3 Å². The molecule has 0 amide bonds. The first kappa shape index (κ1) is 20.1. The molecule has 0 saturated carbocycles. The van der Waals surface area contributed by atoms with E-state index in [9.17, 15) is 18.0 Å². The zero-order valence-corrected chi connectivity index (χ0v) is 15.1. The van der Waals surface area contributed by atoms with Crippen LogP contribution in [-0.4, -0.2) is 21.3 Å². The first-order valence-electron chi connectivity index (χ1n) is 8.64. The van der Waals surface area contributed by atoms with E-state index in [-0.39, 0.29) is 11.4 Å². The number of nitrogens with one attached hydrogen (secondary N) is 2. The molecule has 2 aromatic carbocycles. The number of ketones is 1. The van der Waals surface area contributed by atoms with Crippen LogP contribution in [0.5, 0.6) is 0 Å². The van der Waals surface area contributed by atoms with Gasteiger partial charge in [0, 0.05) is 24.2 Å². The number of halogens is 3. The number of aromatic nitrogens is 2. The average Bonchev–Trinajstić information content (AvgIpc) is 3.15. The standard InChI is InChI=1S/C21H17F3N4O/c22-21(23,24)16-7-4-8-17(13-16)26-11-10-19(29)20(25)18-9-12-27-28(18)14-15-5-2-1-3-6-15/h1-13,25-26H,14H2/b11-10-,25-20?. The third-order valence-corrected chi connectivity index (χ3v) is 4.07. The zero-order valence-electron chi connectivity index (χ0n) is 15.1. The number of nitrogens with zero attached hydrogens (tertiary/aromatic N) is 2. The Morgan fingerprint density at radius 3 is 2.59 bits per heavy atom. The van der Waals surface area contributed by atoms with Crippen LogP contribution in [0, 0.1) is 5.41 Å². The summed E-state index contributed by atoms with van der Waals surface area (Å²) < 4.78 is 39.8. The van der Waals surface area contributed by atoms with Crippen LogP contribution in [0.15, 0.2) is 79.1 Å². The highest BCUT2D eigenvalue weighted by Gasteiger charge is 2.30. The van der Waals surface area contributed by atoms with Crippen molar-refractivity contribution in [3.8, 4) is 0 Å². The van der Waals surface area contributed by atoms with Crippen molar-refractivity contribution in [1.29, 1.82) is 5.41 Å². The number of carbonyl (C=O) groups is 1. The number of anilines is 1. The molecule has 5 nitrogen and oxygen atoms in total. The number of hydrogen-bond acceptors (Lipinski definition) is 4. The van der Waals surface area contributed by atoms with Crippen molar-refractivity contribution >= 4 is 17.2 Å². The van der Waals surface area contributed by atoms with Crippen LogP contribution in [-0.2, 0) is 17.5 Å². The van der Waals surface area contributed by atoms with Gasteiger partial charge >= 0.3 is 6.18 Å². The van der Waals surface area contributed by atoms with Gasteiger partial charge in [0.2, 0.25) is 5.78 Å². The number of carbonyl (C=O) groups excluding carboxylic acids is 1. The SMILES string of the molecule is N=C(C(=O)/C=C\Nc1cccc(C(F)(F)F)c1)c1ccnn1Cc1ccccc1. The highest BCUT2D eigenvalue weighted by Crippen LogP contribution is 2.30. The van der Waals surface area contributed by atoms with Crippen LogP contribution in [0.25, 0.3) is 0 Å². The summed E-state index contributed by atoms with van der Waals surface area (Å²) in [5.74, 6) is -0.598. The van der Waals surface area contributed by atoms with Crippen molar-refractivity contribution < 1.29 is 18.0 Å². The van der Waals surface area contributed by atoms with Crippen LogP contribution in [0.3, 0.4) is 0 Å². The van der Waals surface area contributed by atoms with Gasteiger partial charge in [-0.1, -0.05) is 36.4 Å². The molecular weight excluding hydrogens is 381 g/mol. The molecule has 3 rings (SSSR count). The van der Waals surface area contributed by atoms with Gasteiger partial charge in [0.25, 0.3) is 0 Å². The van der Waals surface area contributed by atoms with Gasteiger partial charge in [-0.3, -0.25) is 14.9 Å². The van der Waals surface area contributed by atoms with E-state index in [1.54, 1.807) is 10.7 Å². The Labute approximate surface area is 165 Å². The maximum atomic E-state index is 12.7. The topological polar surface area (TPSA) is 70.8 Å². The Bertz CT molecular complexity index is 1040. The lowest BCUT2D eigenvalue weighted by Crippen LogP contribution is -2.18. The Morgan fingerprint density at radius 2 is 1.86 bits per heavy atom. The van der Waals surface area contributed by atoms with Gasteiger partial charge in [0.05, 0.1) is 17.8 Å². The third kappa shape index (κ3) is 5.19. The molecule has 8 heteroatoms. The lowest BCUT2D eigenvalue weighted by molar-refractivity contribution is -0.137. The fourth-order valence-electron chi connectivity index (χ4n) is 2.64. The molecule has 3 aromatic rings. The van der Waals surface area contributed by atoms with Crippen molar-refractivity contribution in [2.75, 3.05) is 5.32 Å². The molecule has 0 radical (unpaired) electrons. The van der Waals surface area contributed by atoms with Gasteiger partial charge in [-0.2, -0.15) is 18.3 Å². The number of alkyl halides is 3. The lowest BCUT2D eigenvalue weighted by Gasteiger charge is -2.08. The molecule has 0 unspecified atom stereocenters. The highest BCUT2D eigenvalue weighted by atomic mass is 19.4. The summed E-state index contributed by atoms with van der Waals surface area (Å²) >= 11 is 0. The van der Waals surface area contributed by atoms with E-state index in [2.05, 4.69) is 10.4 Å². The summed E-state index contributed by atoms with van der Waals surface area (Å²) in [5.41, 5.74) is 0.451. The molecule has 0 atom stereocenters. The average molecular weight is 398 g/mol. The molecule has 0 bridgehead atoms. The minimum atomic E-state index is -4.45. The van der Waals surface area contributed by atoms with Crippen molar-refractivity contribution in [2.24, 2.45) is 0 Å². The largest absolute Gasteiger partial charge is 0.416 e. The Morgan fingerprint density at radius 1 is 1.10 bits per heavy atom. The van der Waals surface area contributed by atoms with E-state index in [4.69, 9.17) is 5.41 Å². The van der Waals surface area contributed by atoms with Gasteiger partial charge in [-0.25, -0.2) is 0 Å². The molecule has 0 aliphatic heterocycles. The Kier molecular flexibility index (Phi) is 5.92. The van der Waals surface area contributed by atoms with E-state index < -0.39 is 17.5 Å². The second kappa shape index (κ2) is 8.55. The monoisotopic (exact) mass is 398 g/mol. The van der Waals surface area contributed by atoms with Crippen LogP contribution >= 0.6 is 0 Å². The van der Waals surface area contributed by atoms with Crippen LogP contribution in [0.1, 0.15) is 16.8 Å². The van der Waals surface area contributed by atoms with Gasteiger partial charge in [0.15, 0.2) is 0 Å². The summed E-state index contributed by atoms with van der Waals surface area (Å²) in [6, 6.07) is 15.7. The second-order valence-corrected chi connectivity index (χ2v) is 6.16. The van der Waals surface area contributed by atoms with Crippen LogP contribution < -0.4 is 5.32 Å². The van der Waals surface area contributed by atoms with E-state index in [0.29, 0.717) is 12.2 Å². The summed E-state index contributed by atoms with van der Waals surface area (Å²) in [5, 5.41) is 14.9. The van der Waals surface area contributed by atoms with Crippen molar-refractivity contribution in [3.63, 3.8) is 0 Å². The zero-order chi connectivity index (χ0) is 20.9. The van der Waals surface area contributed by atoms with E-state index in [1.165, 1.54) is 24.5 Å². The molecule has 0 aliphatic rings. The van der Waals surface area contributed by atoms with Gasteiger partial charge in [-0.05, 0) is 29.8 Å². The molecule has 0 fully saturated rings. The molecular formula is C21H17F3N4O. The molecule has 148 valence electrons. The quantitative estimate of drug-likeness (QED) is 0.454. The first-order chi connectivity index (χ1) is 13.8. The molecule has 1 heterocycles. The van der Waals surface area contributed by atoms with Crippen LogP contribution in [0.2, 0.25) is 0 Å². The fraction of sp³-hybridized carbons (Fsp3) is 0.0952. The predicted octanol–water partition coefficient (Wildman–Crippen LogP) is 4.51. The molecule has 0 spiro atoms. The molecule has 1 aromatic heterocycles. The van der Waals surface area contributed by atoms with Crippen LogP contribution in [0.4, 0.5) is 18.9 Å². The molecule has 29 heavy (non-hydrogen) atoms. The third-order valence-electron chi connectivity index (χ3n) is 4.07. The summed E-state index contributed by atoms with van der Waals surface area (Å²) in [7, 11) is 0. The van der Waals surface area contributed by atoms with Gasteiger partial charge < -0.3 is 5.32 Å². The lowest BCUT2D eigenvalue weighted by atomic mass is 10.1. The molecule has 0 saturated heterocycles. The highest BCUT2D eigenvalue weighted by molar-refractivity contribution is 6.48. The maximum absolute atomic E-state index is 12.7. The Hall–Kier alpha value is -3.68. The number of rotatable bonds is 7. The van der Waals surface area contributed by atoms with Crippen molar-refractivity contribution in [3.05, 3.63) is 96.0 Å². The summed E-state index contributed by atoms with van der Waals surface area (Å²) in [6.07, 6.45) is -0.631. The summed E-state index contributed by atoms with van der Waals surface area (Å²) in [6.45, 7) is 0.408. The maximum Gasteiger partial charge on any atom is 0.416 e. The van der Waals surface area contributed by atoms with Crippen molar-refractivity contribution in [1.82, 2.24) is 9.78 Å². The molecule has 0 aliphatic carbocycles. The van der Waals surface area contributed by atoms with Gasteiger partial charge in [0.1, 0.15) is 5.71 Å². The van der Waals surface area contributed by atoms with E-state index >= 15 is 0 Å². The number of allylic oxidation sites excluding steroid dienone is 1. The van der Waals surface area contributed by atoms with Gasteiger partial charge in [-0.15, -0.1) is 0 Å².